The van der Waals surface area contributed by atoms with Crippen LogP contribution in [0.3, 0.4) is 0 Å². The number of aromatic nitrogens is 1. The second-order valence-corrected chi connectivity index (χ2v) is 8.03. The average Bonchev–Trinajstić information content (AvgIpc) is 3.19. The van der Waals surface area contributed by atoms with Crippen LogP contribution in [-0.2, 0) is 4.79 Å². The number of nitrogens with one attached hydrogen (secondary N) is 2. The van der Waals surface area contributed by atoms with Crippen molar-refractivity contribution < 1.29 is 9.90 Å². The highest BCUT2D eigenvalue weighted by atomic mass is 16.4. The minimum absolute atomic E-state index is 0.0491. The minimum Gasteiger partial charge on any atom is -0.478 e. The molecular weight excluding hydrogens is 348 g/mol. The Balaban J connectivity index is 2.49. The highest BCUT2D eigenvalue weighted by molar-refractivity contribution is 5.79. The van der Waals surface area contributed by atoms with Gasteiger partial charge in [-0.2, -0.15) is 0 Å². The van der Waals surface area contributed by atoms with Gasteiger partial charge in [0, 0.05) is 18.3 Å². The summed E-state index contributed by atoms with van der Waals surface area (Å²) in [6.45, 7) is 4.52. The fraction of sp³-hybridized carbons (Fsp3) is 0.708. The van der Waals surface area contributed by atoms with Gasteiger partial charge in [-0.15, -0.1) is 0 Å². The number of unbranched alkanes of at least 4 members (excludes halogenated alkanes) is 7. The van der Waals surface area contributed by atoms with Crippen LogP contribution in [0.15, 0.2) is 30.5 Å². The third-order valence-electron chi connectivity index (χ3n) is 5.48. The molecule has 0 aliphatic heterocycles. The first-order valence-electron chi connectivity index (χ1n) is 11.5. The predicted molar refractivity (Wildman–Crippen MR) is 120 cm³/mol. The topological polar surface area (TPSA) is 65.1 Å². The molecule has 1 aromatic heterocycles. The molecule has 0 spiro atoms. The van der Waals surface area contributed by atoms with Crippen LogP contribution in [0.25, 0.3) is 0 Å². The van der Waals surface area contributed by atoms with E-state index < -0.39 is 5.97 Å². The first-order chi connectivity index (χ1) is 13.7. The molecule has 0 aromatic carbocycles. The van der Waals surface area contributed by atoms with Crippen molar-refractivity contribution in [2.45, 2.75) is 103 Å². The summed E-state index contributed by atoms with van der Waals surface area (Å²) < 4.78 is 0. The van der Waals surface area contributed by atoms with Crippen molar-refractivity contribution in [3.8, 4) is 0 Å². The molecule has 0 saturated heterocycles. The van der Waals surface area contributed by atoms with E-state index in [1.807, 2.05) is 18.3 Å². The monoisotopic (exact) mass is 390 g/mol. The molecule has 0 saturated carbocycles. The summed E-state index contributed by atoms with van der Waals surface area (Å²) >= 11 is 0. The lowest BCUT2D eigenvalue weighted by Gasteiger charge is -2.21. The Morgan fingerprint density at radius 3 is 2.29 bits per heavy atom. The van der Waals surface area contributed by atoms with Crippen LogP contribution in [-0.4, -0.2) is 22.1 Å². The molecule has 0 aliphatic carbocycles. The zero-order valence-corrected chi connectivity index (χ0v) is 18.1. The average molecular weight is 391 g/mol. The van der Waals surface area contributed by atoms with Gasteiger partial charge >= 0.3 is 5.97 Å². The first kappa shape index (κ1) is 24.3. The van der Waals surface area contributed by atoms with Crippen molar-refractivity contribution in [2.75, 3.05) is 5.32 Å². The molecule has 0 fully saturated rings. The molecule has 4 nitrogen and oxygen atoms in total. The summed E-state index contributed by atoms with van der Waals surface area (Å²) in [5, 5.41) is 12.4. The van der Waals surface area contributed by atoms with E-state index in [2.05, 4.69) is 24.1 Å². The maximum absolute atomic E-state index is 10.9. The second-order valence-electron chi connectivity index (χ2n) is 8.03. The first-order valence-corrected chi connectivity index (χ1v) is 11.5. The number of hydrogen-bond acceptors (Lipinski definition) is 2. The number of carbonyl (C=O) groups is 1. The molecule has 2 atom stereocenters. The third-order valence-corrected chi connectivity index (χ3v) is 5.48. The van der Waals surface area contributed by atoms with Crippen molar-refractivity contribution >= 4 is 11.8 Å². The summed E-state index contributed by atoms with van der Waals surface area (Å²) in [5.74, 6) is 0.812. The molecule has 0 aliphatic rings. The predicted octanol–water partition coefficient (Wildman–Crippen LogP) is 7.16. The highest BCUT2D eigenvalue weighted by Crippen LogP contribution is 2.24. The standard InChI is InChI=1S/C24H42N2O2/c1-3-5-7-8-9-11-14-21(13-10-6-4-2)16-17-22(18-19-24(27)28)26-23-15-12-20-25-23/h12,15,18-22,25-26H,3-11,13-14,16-17H2,1-2H3,(H,27,28)/b19-18+/t21-,22+/m0/s1. The van der Waals surface area contributed by atoms with E-state index in [1.54, 1.807) is 6.08 Å². The van der Waals surface area contributed by atoms with Gasteiger partial charge in [0.25, 0.3) is 0 Å². The number of carboxylic acids is 1. The van der Waals surface area contributed by atoms with Gasteiger partial charge in [-0.3, -0.25) is 0 Å². The fourth-order valence-electron chi connectivity index (χ4n) is 3.78. The maximum Gasteiger partial charge on any atom is 0.328 e. The Morgan fingerprint density at radius 1 is 1.00 bits per heavy atom. The number of aromatic amines is 1. The normalized spacial score (nSPS) is 13.6. The number of carboxylic acid groups (broad SMARTS) is 1. The molecule has 1 rings (SSSR count). The zero-order chi connectivity index (χ0) is 20.5. The smallest absolute Gasteiger partial charge is 0.328 e. The Labute approximate surface area is 172 Å². The SMILES string of the molecule is CCCCCCCC[C@H](CCCCC)CC[C@H](/C=C/C(=O)O)Nc1ccc[nH]1. The Bertz CT molecular complexity index is 511. The number of anilines is 1. The van der Waals surface area contributed by atoms with E-state index in [4.69, 9.17) is 5.11 Å². The molecule has 0 unspecified atom stereocenters. The van der Waals surface area contributed by atoms with Crippen molar-refractivity contribution in [3.05, 3.63) is 30.5 Å². The molecule has 0 radical (unpaired) electrons. The van der Waals surface area contributed by atoms with E-state index >= 15 is 0 Å². The van der Waals surface area contributed by atoms with Crippen LogP contribution in [0.4, 0.5) is 5.82 Å². The van der Waals surface area contributed by atoms with Crippen molar-refractivity contribution in [3.63, 3.8) is 0 Å². The lowest BCUT2D eigenvalue weighted by Crippen LogP contribution is -2.19. The molecule has 28 heavy (non-hydrogen) atoms. The van der Waals surface area contributed by atoms with Gasteiger partial charge in [0.05, 0.1) is 0 Å². The Hall–Kier alpha value is -1.71. The third kappa shape index (κ3) is 12.6. The van der Waals surface area contributed by atoms with E-state index in [-0.39, 0.29) is 6.04 Å². The van der Waals surface area contributed by atoms with Gasteiger partial charge < -0.3 is 15.4 Å². The summed E-state index contributed by atoms with van der Waals surface area (Å²) in [7, 11) is 0. The van der Waals surface area contributed by atoms with Crippen LogP contribution in [0, 0.1) is 5.92 Å². The summed E-state index contributed by atoms with van der Waals surface area (Å²) in [5.41, 5.74) is 0. The minimum atomic E-state index is -0.884. The molecule has 0 amide bonds. The van der Waals surface area contributed by atoms with Crippen LogP contribution in [0.2, 0.25) is 0 Å². The van der Waals surface area contributed by atoms with Gasteiger partial charge in [-0.25, -0.2) is 4.79 Å². The van der Waals surface area contributed by atoms with Gasteiger partial charge in [0.15, 0.2) is 0 Å². The van der Waals surface area contributed by atoms with Gasteiger partial charge in [-0.05, 0) is 30.9 Å². The Kier molecular flexibility index (Phi) is 14.1. The fourth-order valence-corrected chi connectivity index (χ4v) is 3.78. The number of rotatable bonds is 18. The summed E-state index contributed by atoms with van der Waals surface area (Å²) in [4.78, 5) is 14.1. The van der Waals surface area contributed by atoms with Crippen molar-refractivity contribution in [1.82, 2.24) is 4.98 Å². The summed E-state index contributed by atoms with van der Waals surface area (Å²) in [6.07, 6.45) is 21.7. The highest BCUT2D eigenvalue weighted by Gasteiger charge is 2.13. The van der Waals surface area contributed by atoms with Crippen LogP contribution in [0.1, 0.15) is 97.3 Å². The molecule has 3 N–H and O–H groups in total. The molecule has 4 heteroatoms. The maximum atomic E-state index is 10.9. The van der Waals surface area contributed by atoms with Gasteiger partial charge in [0.2, 0.25) is 0 Å². The van der Waals surface area contributed by atoms with Crippen LogP contribution >= 0.6 is 0 Å². The van der Waals surface area contributed by atoms with Gasteiger partial charge in [-0.1, -0.05) is 90.6 Å². The molecule has 160 valence electrons. The molecule has 1 aromatic rings. The largest absolute Gasteiger partial charge is 0.478 e. The quantitative estimate of drug-likeness (QED) is 0.184. The van der Waals surface area contributed by atoms with E-state index in [0.29, 0.717) is 0 Å². The lowest BCUT2D eigenvalue weighted by atomic mass is 9.89. The van der Waals surface area contributed by atoms with E-state index in [0.717, 1.165) is 24.6 Å². The molecule has 1 heterocycles. The number of H-pyrrole nitrogens is 1. The molecular formula is C24H42N2O2. The van der Waals surface area contributed by atoms with Gasteiger partial charge in [0.1, 0.15) is 5.82 Å². The number of hydrogen-bond donors (Lipinski definition) is 3. The van der Waals surface area contributed by atoms with E-state index in [1.165, 1.54) is 76.7 Å². The van der Waals surface area contributed by atoms with Crippen LogP contribution < -0.4 is 5.32 Å². The zero-order valence-electron chi connectivity index (χ0n) is 18.1. The van der Waals surface area contributed by atoms with E-state index in [9.17, 15) is 4.79 Å². The van der Waals surface area contributed by atoms with Crippen molar-refractivity contribution in [2.24, 2.45) is 5.92 Å². The summed E-state index contributed by atoms with van der Waals surface area (Å²) in [6, 6.07) is 3.98. The van der Waals surface area contributed by atoms with Crippen molar-refractivity contribution in [1.29, 1.82) is 0 Å². The molecule has 0 bridgehead atoms. The number of aliphatic carboxylic acids is 1. The van der Waals surface area contributed by atoms with Crippen LogP contribution in [0.5, 0.6) is 0 Å². The second kappa shape index (κ2) is 16.3. The lowest BCUT2D eigenvalue weighted by molar-refractivity contribution is -0.131. The Morgan fingerprint density at radius 2 is 1.64 bits per heavy atom.